The number of allylic oxidation sites excluding steroid dienone is 1. The Morgan fingerprint density at radius 3 is 2.53 bits per heavy atom. The number of esters is 1. The number of rotatable bonds is 6. The van der Waals surface area contributed by atoms with Crippen LogP contribution in [0.15, 0.2) is 54.6 Å². The Balaban J connectivity index is 1.40. The Morgan fingerprint density at radius 2 is 1.78 bits per heavy atom. The molecule has 4 heterocycles. The van der Waals surface area contributed by atoms with Crippen molar-refractivity contribution >= 4 is 23.7 Å². The van der Waals surface area contributed by atoms with Crippen molar-refractivity contribution in [3.8, 4) is 0 Å². The van der Waals surface area contributed by atoms with Crippen LogP contribution in [0.1, 0.15) is 76.4 Å². The summed E-state index contributed by atoms with van der Waals surface area (Å²) in [7, 11) is 0. The molecule has 10 heteroatoms. The zero-order valence-corrected chi connectivity index (χ0v) is 26.0. The molecule has 1 saturated carbocycles. The van der Waals surface area contributed by atoms with Crippen molar-refractivity contribution in [3.63, 3.8) is 0 Å². The number of aliphatic hydroxyl groups is 1. The summed E-state index contributed by atoms with van der Waals surface area (Å²) in [5.74, 6) is -3.07. The second-order valence-electron chi connectivity index (χ2n) is 13.1. The molecule has 5 aliphatic rings. The average Bonchev–Trinajstić information content (AvgIpc) is 3.69. The van der Waals surface area contributed by atoms with Gasteiger partial charge in [-0.05, 0) is 44.6 Å². The van der Waals surface area contributed by atoms with E-state index in [1.807, 2.05) is 60.4 Å². The zero-order valence-electron chi connectivity index (χ0n) is 26.0. The van der Waals surface area contributed by atoms with Crippen molar-refractivity contribution in [1.29, 1.82) is 0 Å². The molecule has 4 aliphatic heterocycles. The fourth-order valence-corrected chi connectivity index (χ4v) is 8.05. The van der Waals surface area contributed by atoms with E-state index in [4.69, 9.17) is 9.47 Å². The number of carbonyl (C=O) groups excluding carboxylic acids is 4. The van der Waals surface area contributed by atoms with Gasteiger partial charge in [-0.3, -0.25) is 19.2 Å². The van der Waals surface area contributed by atoms with Crippen LogP contribution in [0.4, 0.5) is 0 Å². The summed E-state index contributed by atoms with van der Waals surface area (Å²) in [6.07, 6.45) is 12.8. The van der Waals surface area contributed by atoms with Crippen molar-refractivity contribution in [2.45, 2.75) is 101 Å². The summed E-state index contributed by atoms with van der Waals surface area (Å²) < 4.78 is 12.8. The number of cyclic esters (lactones) is 1. The largest absolute Gasteiger partial charge is 0.455 e. The lowest BCUT2D eigenvalue weighted by molar-refractivity contribution is -0.161. The molecule has 1 spiro atoms. The van der Waals surface area contributed by atoms with Gasteiger partial charge in [0, 0.05) is 32.2 Å². The van der Waals surface area contributed by atoms with E-state index in [-0.39, 0.29) is 43.3 Å². The smallest absolute Gasteiger partial charge is 0.313 e. The first kappa shape index (κ1) is 31.5. The first-order chi connectivity index (χ1) is 21.9. The number of amides is 3. The minimum absolute atomic E-state index is 0.0166. The quantitative estimate of drug-likeness (QED) is 0.285. The number of aliphatic hydroxyl groups excluding tert-OH is 1. The predicted octanol–water partition coefficient (Wildman–Crippen LogP) is 3.21. The first-order valence-corrected chi connectivity index (χ1v) is 16.6. The van der Waals surface area contributed by atoms with Gasteiger partial charge in [0.05, 0.1) is 18.1 Å². The fraction of sp³-hybridized carbons (Fsp3) is 0.600. The molecular weight excluding hydrogens is 574 g/mol. The maximum absolute atomic E-state index is 14.8. The number of nitrogens with one attached hydrogen (secondary N) is 1. The number of hydrogen-bond acceptors (Lipinski definition) is 7. The van der Waals surface area contributed by atoms with E-state index >= 15 is 0 Å². The third kappa shape index (κ3) is 5.94. The van der Waals surface area contributed by atoms with Crippen molar-refractivity contribution in [3.05, 3.63) is 60.2 Å². The molecule has 1 aromatic carbocycles. The minimum Gasteiger partial charge on any atom is -0.455 e. The van der Waals surface area contributed by atoms with Crippen LogP contribution in [0, 0.1) is 11.8 Å². The number of carbonyl (C=O) groups is 4. The highest BCUT2D eigenvalue weighted by molar-refractivity contribution is 5.99. The maximum Gasteiger partial charge on any atom is 0.313 e. The molecule has 1 aliphatic carbocycles. The molecule has 45 heavy (non-hydrogen) atoms. The topological polar surface area (TPSA) is 125 Å². The number of hydrogen-bond donors (Lipinski definition) is 2. The number of benzene rings is 1. The molecular formula is C35H45N3O7. The molecule has 3 amide bonds. The summed E-state index contributed by atoms with van der Waals surface area (Å²) in [4.78, 5) is 59.7. The van der Waals surface area contributed by atoms with Gasteiger partial charge in [0.15, 0.2) is 0 Å². The van der Waals surface area contributed by atoms with Crippen LogP contribution in [0.5, 0.6) is 0 Å². The summed E-state index contributed by atoms with van der Waals surface area (Å²) >= 11 is 0. The Labute approximate surface area is 264 Å². The molecule has 2 N–H and O–H groups in total. The number of likely N-dealkylation sites (tertiary alicyclic amines) is 1. The Bertz CT molecular complexity index is 1330. The van der Waals surface area contributed by atoms with Gasteiger partial charge in [0.25, 0.3) is 0 Å². The minimum atomic E-state index is -1.28. The van der Waals surface area contributed by atoms with Gasteiger partial charge in [0.1, 0.15) is 23.7 Å². The van der Waals surface area contributed by atoms with E-state index < -0.39 is 47.7 Å². The van der Waals surface area contributed by atoms with Gasteiger partial charge in [0.2, 0.25) is 17.7 Å². The van der Waals surface area contributed by atoms with Gasteiger partial charge in [-0.15, -0.1) is 0 Å². The Morgan fingerprint density at radius 1 is 1.00 bits per heavy atom. The third-order valence-corrected chi connectivity index (χ3v) is 10.2. The van der Waals surface area contributed by atoms with Crippen molar-refractivity contribution < 1.29 is 33.8 Å². The average molecular weight is 620 g/mol. The van der Waals surface area contributed by atoms with Crippen LogP contribution < -0.4 is 5.32 Å². The normalized spacial score (nSPS) is 35.0. The number of unbranched alkanes of at least 4 members (excludes halogenated alkanes) is 1. The van der Waals surface area contributed by atoms with E-state index in [2.05, 4.69) is 5.32 Å². The fourth-order valence-electron chi connectivity index (χ4n) is 8.05. The van der Waals surface area contributed by atoms with E-state index in [0.29, 0.717) is 25.8 Å². The van der Waals surface area contributed by atoms with E-state index in [1.165, 1.54) is 0 Å². The Hall–Kier alpha value is -3.50. The standard InChI is InChI=1S/C35H45N3O7/c1-23-30(24-13-5-2-6-14-24)44-34(43)28-26-18-19-35(45-26)29(28)32(41)38(21-11-12-22-39)31(35)33(42)37(25-15-7-3-8-16-25)20-10-4-9-17-27(40)36-23/h2,4-6,10,13-14,18-19,23,25-26,28-31,39H,3,7-9,11-12,15-17,20-22H2,1H3,(H,36,40)/b10-4-/t23-,26+,28-,29-,30+,31+,35-/m0/s1. The lowest BCUT2D eigenvalue weighted by Crippen LogP contribution is -2.58. The summed E-state index contributed by atoms with van der Waals surface area (Å²) in [5, 5.41) is 12.5. The Kier molecular flexibility index (Phi) is 9.42. The molecule has 242 valence electrons. The molecule has 6 rings (SSSR count). The highest BCUT2D eigenvalue weighted by Crippen LogP contribution is 2.56. The SMILES string of the molecule is C[C@@H]1NC(=O)CC/C=C\CN(C2CCCCC2)C(=O)[C@H]2N(CCCCO)C(=O)[C@@H]3[C@@H](C(=O)O[C@H]1c1ccccc1)[C@H]1C=C[C@]32O1. The van der Waals surface area contributed by atoms with Crippen LogP contribution in [-0.4, -0.2) is 88.1 Å². The summed E-state index contributed by atoms with van der Waals surface area (Å²) in [6.45, 7) is 2.44. The summed E-state index contributed by atoms with van der Waals surface area (Å²) in [6, 6.07) is 7.84. The first-order valence-electron chi connectivity index (χ1n) is 16.6. The molecule has 3 fully saturated rings. The van der Waals surface area contributed by atoms with Crippen LogP contribution in [0.25, 0.3) is 0 Å². The molecule has 10 nitrogen and oxygen atoms in total. The van der Waals surface area contributed by atoms with Crippen molar-refractivity contribution in [2.75, 3.05) is 19.7 Å². The number of ether oxygens (including phenoxy) is 2. The van der Waals surface area contributed by atoms with Crippen LogP contribution in [0.2, 0.25) is 0 Å². The molecule has 0 unspecified atom stereocenters. The monoisotopic (exact) mass is 619 g/mol. The van der Waals surface area contributed by atoms with E-state index in [9.17, 15) is 24.3 Å². The molecule has 5 bridgehead atoms. The maximum atomic E-state index is 14.8. The number of fused-ring (bicyclic) bond motifs is 2. The summed E-state index contributed by atoms with van der Waals surface area (Å²) in [5.41, 5.74) is -0.556. The van der Waals surface area contributed by atoms with Gasteiger partial charge < -0.3 is 29.7 Å². The third-order valence-electron chi connectivity index (χ3n) is 10.2. The van der Waals surface area contributed by atoms with Crippen LogP contribution in [-0.2, 0) is 28.7 Å². The highest BCUT2D eigenvalue weighted by atomic mass is 16.6. The van der Waals surface area contributed by atoms with Gasteiger partial charge in [-0.25, -0.2) is 0 Å². The van der Waals surface area contributed by atoms with Crippen LogP contribution >= 0.6 is 0 Å². The van der Waals surface area contributed by atoms with E-state index in [1.54, 1.807) is 11.0 Å². The lowest BCUT2D eigenvalue weighted by atomic mass is 9.74. The second kappa shape index (κ2) is 13.5. The lowest BCUT2D eigenvalue weighted by Gasteiger charge is -2.40. The molecule has 7 atom stereocenters. The molecule has 2 saturated heterocycles. The van der Waals surface area contributed by atoms with E-state index in [0.717, 1.165) is 37.7 Å². The highest BCUT2D eigenvalue weighted by Gasteiger charge is 2.73. The van der Waals surface area contributed by atoms with Gasteiger partial charge in [-0.1, -0.05) is 73.9 Å². The zero-order chi connectivity index (χ0) is 31.6. The van der Waals surface area contributed by atoms with Crippen molar-refractivity contribution in [1.82, 2.24) is 15.1 Å². The van der Waals surface area contributed by atoms with Crippen molar-refractivity contribution in [2.24, 2.45) is 11.8 Å². The van der Waals surface area contributed by atoms with Crippen LogP contribution in [0.3, 0.4) is 0 Å². The predicted molar refractivity (Wildman–Crippen MR) is 165 cm³/mol. The molecule has 1 aromatic rings. The number of nitrogens with zero attached hydrogens (tertiary/aromatic N) is 2. The molecule has 0 aromatic heterocycles. The van der Waals surface area contributed by atoms with Gasteiger partial charge >= 0.3 is 5.97 Å². The molecule has 0 radical (unpaired) electrons. The second-order valence-corrected chi connectivity index (χ2v) is 13.1. The van der Waals surface area contributed by atoms with Gasteiger partial charge in [-0.2, -0.15) is 0 Å².